The third-order valence-electron chi connectivity index (χ3n) is 3.26. The van der Waals surface area contributed by atoms with E-state index in [1.54, 1.807) is 11.3 Å². The Morgan fingerprint density at radius 1 is 1.32 bits per heavy atom. The smallest absolute Gasteiger partial charge is 0.0483 e. The molecule has 1 unspecified atom stereocenters. The summed E-state index contributed by atoms with van der Waals surface area (Å²) in [7, 11) is 0. The van der Waals surface area contributed by atoms with Crippen molar-refractivity contribution in [3.63, 3.8) is 0 Å². The van der Waals surface area contributed by atoms with Gasteiger partial charge in [0.1, 0.15) is 0 Å². The number of aryl methyl sites for hydroxylation is 1. The van der Waals surface area contributed by atoms with Crippen molar-refractivity contribution in [2.75, 3.05) is 6.54 Å². The van der Waals surface area contributed by atoms with Crippen LogP contribution in [-0.4, -0.2) is 6.54 Å². The Morgan fingerprint density at radius 3 is 2.84 bits per heavy atom. The van der Waals surface area contributed by atoms with Crippen molar-refractivity contribution in [3.8, 4) is 0 Å². The molecular formula is C16H20ClNS. The van der Waals surface area contributed by atoms with Crippen molar-refractivity contribution in [3.05, 3.63) is 56.7 Å². The standard InChI is InChI=1S/C16H20ClNS/c1-3-8-18-15(10-13-7-9-19-11-13)14-6-4-5-12(2)16(14)17/h4-7,9,11,15,18H,3,8,10H2,1-2H3. The number of rotatable bonds is 6. The van der Waals surface area contributed by atoms with Gasteiger partial charge in [0.15, 0.2) is 0 Å². The lowest BCUT2D eigenvalue weighted by atomic mass is 9.98. The Labute approximate surface area is 124 Å². The Hall–Kier alpha value is -0.830. The Kier molecular flexibility index (Phi) is 5.44. The zero-order valence-corrected chi connectivity index (χ0v) is 13.0. The van der Waals surface area contributed by atoms with E-state index in [0.717, 1.165) is 30.0 Å². The summed E-state index contributed by atoms with van der Waals surface area (Å²) in [6.07, 6.45) is 2.12. The van der Waals surface area contributed by atoms with Crippen molar-refractivity contribution >= 4 is 22.9 Å². The number of benzene rings is 1. The topological polar surface area (TPSA) is 12.0 Å². The molecule has 1 N–H and O–H groups in total. The number of thiophene rings is 1. The van der Waals surface area contributed by atoms with Crippen molar-refractivity contribution in [1.29, 1.82) is 0 Å². The quantitative estimate of drug-likeness (QED) is 0.791. The van der Waals surface area contributed by atoms with E-state index in [0.29, 0.717) is 6.04 Å². The molecule has 2 rings (SSSR count). The number of hydrogen-bond acceptors (Lipinski definition) is 2. The molecule has 2 aromatic rings. The third-order valence-corrected chi connectivity index (χ3v) is 4.51. The minimum absolute atomic E-state index is 0.293. The molecule has 0 saturated heterocycles. The monoisotopic (exact) mass is 293 g/mol. The second kappa shape index (κ2) is 7.09. The molecule has 0 bridgehead atoms. The molecule has 1 heterocycles. The fourth-order valence-corrected chi connectivity index (χ4v) is 3.13. The highest BCUT2D eigenvalue weighted by Gasteiger charge is 2.15. The highest BCUT2D eigenvalue weighted by Crippen LogP contribution is 2.28. The van der Waals surface area contributed by atoms with Crippen molar-refractivity contribution in [2.24, 2.45) is 0 Å². The summed E-state index contributed by atoms with van der Waals surface area (Å²) in [5.74, 6) is 0. The van der Waals surface area contributed by atoms with Gasteiger partial charge in [-0.1, -0.05) is 36.7 Å². The van der Waals surface area contributed by atoms with Crippen molar-refractivity contribution in [2.45, 2.75) is 32.7 Å². The average molecular weight is 294 g/mol. The lowest BCUT2D eigenvalue weighted by Gasteiger charge is -2.20. The van der Waals surface area contributed by atoms with Crippen LogP contribution in [0, 0.1) is 6.92 Å². The highest BCUT2D eigenvalue weighted by atomic mass is 35.5. The van der Waals surface area contributed by atoms with E-state index in [1.807, 2.05) is 0 Å². The zero-order valence-electron chi connectivity index (χ0n) is 11.4. The van der Waals surface area contributed by atoms with Gasteiger partial charge in [0.25, 0.3) is 0 Å². The molecule has 0 spiro atoms. The highest BCUT2D eigenvalue weighted by molar-refractivity contribution is 7.07. The Morgan fingerprint density at radius 2 is 2.16 bits per heavy atom. The first kappa shape index (κ1) is 14.6. The van der Waals surface area contributed by atoms with Crippen LogP contribution in [0.15, 0.2) is 35.0 Å². The summed E-state index contributed by atoms with van der Waals surface area (Å²) in [5.41, 5.74) is 3.73. The van der Waals surface area contributed by atoms with Crippen molar-refractivity contribution < 1.29 is 0 Å². The molecule has 0 radical (unpaired) electrons. The lowest BCUT2D eigenvalue weighted by molar-refractivity contribution is 0.530. The van der Waals surface area contributed by atoms with E-state index < -0.39 is 0 Å². The molecule has 0 aliphatic heterocycles. The van der Waals surface area contributed by atoms with Gasteiger partial charge in [0.2, 0.25) is 0 Å². The van der Waals surface area contributed by atoms with Crippen LogP contribution in [-0.2, 0) is 6.42 Å². The van der Waals surface area contributed by atoms with E-state index in [9.17, 15) is 0 Å². The zero-order chi connectivity index (χ0) is 13.7. The van der Waals surface area contributed by atoms with Crippen molar-refractivity contribution in [1.82, 2.24) is 5.32 Å². The van der Waals surface area contributed by atoms with Gasteiger partial charge in [-0.15, -0.1) is 0 Å². The molecule has 1 aromatic heterocycles. The lowest BCUT2D eigenvalue weighted by Crippen LogP contribution is -2.24. The predicted octanol–water partition coefficient (Wildman–Crippen LogP) is 4.99. The van der Waals surface area contributed by atoms with Gasteiger partial charge >= 0.3 is 0 Å². The van der Waals surface area contributed by atoms with Gasteiger partial charge < -0.3 is 5.32 Å². The number of hydrogen-bond donors (Lipinski definition) is 1. The molecule has 0 fully saturated rings. The van der Waals surface area contributed by atoms with Gasteiger partial charge in [-0.25, -0.2) is 0 Å². The van der Waals surface area contributed by atoms with Crippen LogP contribution in [0.5, 0.6) is 0 Å². The number of nitrogens with one attached hydrogen (secondary N) is 1. The molecule has 0 aliphatic carbocycles. The second-order valence-electron chi connectivity index (χ2n) is 4.82. The van der Waals surface area contributed by atoms with Crippen LogP contribution >= 0.6 is 22.9 Å². The first-order chi connectivity index (χ1) is 9.22. The summed E-state index contributed by atoms with van der Waals surface area (Å²) in [4.78, 5) is 0. The Balaban J connectivity index is 2.23. The van der Waals surface area contributed by atoms with E-state index in [2.05, 4.69) is 54.2 Å². The van der Waals surface area contributed by atoms with E-state index in [1.165, 1.54) is 11.1 Å². The summed E-state index contributed by atoms with van der Waals surface area (Å²) in [6.45, 7) is 5.26. The summed E-state index contributed by atoms with van der Waals surface area (Å²) < 4.78 is 0. The molecule has 1 atom stereocenters. The first-order valence-corrected chi connectivity index (χ1v) is 8.04. The fourth-order valence-electron chi connectivity index (χ4n) is 2.19. The predicted molar refractivity (Wildman–Crippen MR) is 85.2 cm³/mol. The average Bonchev–Trinajstić information content (AvgIpc) is 2.91. The molecule has 0 amide bonds. The van der Waals surface area contributed by atoms with Gasteiger partial charge in [-0.2, -0.15) is 11.3 Å². The minimum Gasteiger partial charge on any atom is -0.310 e. The molecule has 19 heavy (non-hydrogen) atoms. The minimum atomic E-state index is 0.293. The summed E-state index contributed by atoms with van der Waals surface area (Å²) in [6, 6.07) is 8.77. The SMILES string of the molecule is CCCNC(Cc1ccsc1)c1cccc(C)c1Cl. The molecule has 3 heteroatoms. The maximum Gasteiger partial charge on any atom is 0.0483 e. The first-order valence-electron chi connectivity index (χ1n) is 6.71. The van der Waals surface area contributed by atoms with Crippen LogP contribution in [0.3, 0.4) is 0 Å². The molecule has 0 saturated carbocycles. The van der Waals surface area contributed by atoms with E-state index >= 15 is 0 Å². The molecule has 0 aliphatic rings. The molecule has 1 nitrogen and oxygen atoms in total. The van der Waals surface area contributed by atoms with E-state index in [-0.39, 0.29) is 0 Å². The van der Waals surface area contributed by atoms with Crippen LogP contribution in [0.4, 0.5) is 0 Å². The molecule has 1 aromatic carbocycles. The van der Waals surface area contributed by atoms with Crippen LogP contribution < -0.4 is 5.32 Å². The summed E-state index contributed by atoms with van der Waals surface area (Å²) in [5, 5.41) is 8.85. The molecule has 102 valence electrons. The van der Waals surface area contributed by atoms with E-state index in [4.69, 9.17) is 11.6 Å². The van der Waals surface area contributed by atoms with Gasteiger partial charge in [0.05, 0.1) is 0 Å². The number of halogens is 1. The maximum atomic E-state index is 6.47. The second-order valence-corrected chi connectivity index (χ2v) is 5.98. The van der Waals surface area contributed by atoms with Crippen LogP contribution in [0.25, 0.3) is 0 Å². The third kappa shape index (κ3) is 3.82. The largest absolute Gasteiger partial charge is 0.310 e. The normalized spacial score (nSPS) is 12.6. The fraction of sp³-hybridized carbons (Fsp3) is 0.375. The Bertz CT molecular complexity index is 507. The maximum absolute atomic E-state index is 6.47. The van der Waals surface area contributed by atoms with Crippen LogP contribution in [0.1, 0.15) is 36.1 Å². The summed E-state index contributed by atoms with van der Waals surface area (Å²) >= 11 is 8.22. The van der Waals surface area contributed by atoms with Crippen LogP contribution in [0.2, 0.25) is 5.02 Å². The van der Waals surface area contributed by atoms with Gasteiger partial charge in [-0.05, 0) is 59.8 Å². The van der Waals surface area contributed by atoms with Gasteiger partial charge in [0, 0.05) is 11.1 Å². The molecular weight excluding hydrogens is 274 g/mol. The van der Waals surface area contributed by atoms with Gasteiger partial charge in [-0.3, -0.25) is 0 Å².